The molecule has 1 aliphatic rings. The summed E-state index contributed by atoms with van der Waals surface area (Å²) in [5.74, 6) is -0.134. The van der Waals surface area contributed by atoms with Gasteiger partial charge in [-0.05, 0) is 87.6 Å². The average Bonchev–Trinajstić information content (AvgIpc) is 3.09. The van der Waals surface area contributed by atoms with E-state index in [9.17, 15) is 9.18 Å². The number of hydrogen-bond donors (Lipinski definition) is 1. The normalized spacial score (nSPS) is 16.7. The Kier molecular flexibility index (Phi) is 5.91. The lowest BCUT2D eigenvalue weighted by Gasteiger charge is -2.31. The number of piperidine rings is 1. The molecule has 1 atom stereocenters. The molecule has 4 rings (SSSR count). The van der Waals surface area contributed by atoms with Crippen LogP contribution in [0.2, 0.25) is 0 Å². The number of aromatic amines is 1. The number of carbonyl (C=O) groups is 1. The molecule has 0 saturated carbocycles. The van der Waals surface area contributed by atoms with Crippen LogP contribution >= 0.6 is 0 Å². The maximum atomic E-state index is 13.2. The third kappa shape index (κ3) is 4.12. The third-order valence-electron chi connectivity index (χ3n) is 6.34. The number of rotatable bonds is 5. The number of benzene rings is 2. The van der Waals surface area contributed by atoms with Gasteiger partial charge in [0.2, 0.25) is 0 Å². The first-order valence-electron chi connectivity index (χ1n) is 10.8. The highest BCUT2D eigenvalue weighted by Crippen LogP contribution is 2.33. The number of aromatic nitrogens is 1. The highest BCUT2D eigenvalue weighted by molar-refractivity contribution is 6.05. The van der Waals surface area contributed by atoms with Crippen LogP contribution in [0, 0.1) is 12.7 Å². The second-order valence-electron chi connectivity index (χ2n) is 8.24. The lowest BCUT2D eigenvalue weighted by molar-refractivity contribution is 0.0339. The number of halogens is 1. The summed E-state index contributed by atoms with van der Waals surface area (Å²) in [6, 6.07) is 12.5. The number of esters is 1. The Hall–Kier alpha value is -2.66. The molecule has 0 aliphatic carbocycles. The monoisotopic (exact) mass is 408 g/mol. The molecule has 1 N–H and O–H groups in total. The highest BCUT2D eigenvalue weighted by Gasteiger charge is 2.23. The summed E-state index contributed by atoms with van der Waals surface area (Å²) < 4.78 is 18.9. The van der Waals surface area contributed by atoms with Gasteiger partial charge in [0.25, 0.3) is 0 Å². The zero-order valence-corrected chi connectivity index (χ0v) is 17.9. The van der Waals surface area contributed by atoms with Crippen molar-refractivity contribution in [2.45, 2.75) is 45.6 Å². The second-order valence-corrected chi connectivity index (χ2v) is 8.24. The van der Waals surface area contributed by atoms with Gasteiger partial charge in [-0.1, -0.05) is 25.1 Å². The van der Waals surface area contributed by atoms with E-state index in [2.05, 4.69) is 35.0 Å². The number of likely N-dealkylation sites (tertiary alicyclic amines) is 1. The van der Waals surface area contributed by atoms with Crippen molar-refractivity contribution in [2.24, 2.45) is 0 Å². The van der Waals surface area contributed by atoms with Crippen LogP contribution in [0.3, 0.4) is 0 Å². The Balaban J connectivity index is 1.57. The molecule has 3 aromatic rings. The van der Waals surface area contributed by atoms with Gasteiger partial charge in [0.15, 0.2) is 0 Å². The number of nitrogens with zero attached hydrogens (tertiary/aromatic N) is 1. The number of aryl methyl sites for hydroxylation is 1. The zero-order valence-electron chi connectivity index (χ0n) is 17.9. The number of fused-ring (bicyclic) bond motifs is 1. The van der Waals surface area contributed by atoms with E-state index in [1.807, 2.05) is 13.8 Å². The molecule has 1 fully saturated rings. The molecule has 0 amide bonds. The van der Waals surface area contributed by atoms with Crippen molar-refractivity contribution in [1.29, 1.82) is 0 Å². The molecule has 5 heteroatoms. The van der Waals surface area contributed by atoms with Gasteiger partial charge in [0, 0.05) is 16.6 Å². The molecule has 30 heavy (non-hydrogen) atoms. The molecule has 2 aromatic carbocycles. The van der Waals surface area contributed by atoms with E-state index in [4.69, 9.17) is 4.74 Å². The fraction of sp³-hybridized carbons (Fsp3) is 0.400. The van der Waals surface area contributed by atoms with Crippen molar-refractivity contribution >= 4 is 16.9 Å². The van der Waals surface area contributed by atoms with Crippen LogP contribution in [0.1, 0.15) is 65.9 Å². The van der Waals surface area contributed by atoms with Crippen molar-refractivity contribution < 1.29 is 13.9 Å². The second kappa shape index (κ2) is 8.60. The molecular formula is C25H29FN2O2. The molecule has 4 nitrogen and oxygen atoms in total. The van der Waals surface area contributed by atoms with E-state index in [0.717, 1.165) is 54.6 Å². The maximum Gasteiger partial charge on any atom is 0.341 e. The number of carbonyl (C=O) groups excluding carboxylic acids is 1. The summed E-state index contributed by atoms with van der Waals surface area (Å²) in [7, 11) is 0. The van der Waals surface area contributed by atoms with E-state index in [-0.39, 0.29) is 11.8 Å². The van der Waals surface area contributed by atoms with Gasteiger partial charge in [0.05, 0.1) is 5.56 Å². The summed E-state index contributed by atoms with van der Waals surface area (Å²) in [4.78, 5) is 18.8. The fourth-order valence-electron chi connectivity index (χ4n) is 4.47. The van der Waals surface area contributed by atoms with Gasteiger partial charge in [-0.3, -0.25) is 0 Å². The molecule has 158 valence electrons. The Morgan fingerprint density at radius 3 is 2.57 bits per heavy atom. The van der Waals surface area contributed by atoms with Gasteiger partial charge in [0.1, 0.15) is 11.9 Å². The lowest BCUT2D eigenvalue weighted by atomic mass is 9.88. The van der Waals surface area contributed by atoms with Gasteiger partial charge >= 0.3 is 5.97 Å². The molecule has 2 heterocycles. The Labute approximate surface area is 177 Å². The SMILES string of the molecule is CCN1CCC(c2ccc3[nH]c(C)c(C(=O)OC(C)c4ccc(F)cc4)c3c2)CC1. The molecule has 0 radical (unpaired) electrons. The van der Waals surface area contributed by atoms with E-state index in [1.54, 1.807) is 12.1 Å². The van der Waals surface area contributed by atoms with E-state index in [1.165, 1.54) is 17.7 Å². The highest BCUT2D eigenvalue weighted by atomic mass is 19.1. The molecule has 1 saturated heterocycles. The van der Waals surface area contributed by atoms with Crippen LogP contribution < -0.4 is 0 Å². The molecule has 1 aliphatic heterocycles. The molecule has 0 spiro atoms. The van der Waals surface area contributed by atoms with Gasteiger partial charge in [-0.15, -0.1) is 0 Å². The summed E-state index contributed by atoms with van der Waals surface area (Å²) in [6.45, 7) is 9.26. The first-order chi connectivity index (χ1) is 14.5. The third-order valence-corrected chi connectivity index (χ3v) is 6.34. The minimum atomic E-state index is -0.455. The first kappa shape index (κ1) is 20.6. The van der Waals surface area contributed by atoms with Crippen molar-refractivity contribution in [1.82, 2.24) is 9.88 Å². The summed E-state index contributed by atoms with van der Waals surface area (Å²) in [5.41, 5.74) is 4.40. The number of hydrogen-bond acceptors (Lipinski definition) is 3. The molecule has 1 aromatic heterocycles. The van der Waals surface area contributed by atoms with Crippen LogP contribution in [0.25, 0.3) is 10.9 Å². The minimum Gasteiger partial charge on any atom is -0.454 e. The minimum absolute atomic E-state index is 0.304. The zero-order chi connectivity index (χ0) is 21.3. The molecule has 0 bridgehead atoms. The van der Waals surface area contributed by atoms with Crippen LogP contribution in [0.4, 0.5) is 4.39 Å². The van der Waals surface area contributed by atoms with Crippen molar-refractivity contribution in [3.8, 4) is 0 Å². The number of H-pyrrole nitrogens is 1. The smallest absolute Gasteiger partial charge is 0.341 e. The summed E-state index contributed by atoms with van der Waals surface area (Å²) in [6.07, 6.45) is 1.83. The standard InChI is InChI=1S/C25H29FN2O2/c1-4-28-13-11-19(12-14-28)20-7-10-23-22(15-20)24(16(2)27-23)25(29)30-17(3)18-5-8-21(26)9-6-18/h5-10,15,17,19,27H,4,11-14H2,1-3H3. The number of ether oxygens (including phenoxy) is 1. The largest absolute Gasteiger partial charge is 0.454 e. The first-order valence-corrected chi connectivity index (χ1v) is 10.8. The van der Waals surface area contributed by atoms with E-state index < -0.39 is 6.10 Å². The summed E-state index contributed by atoms with van der Waals surface area (Å²) >= 11 is 0. The predicted molar refractivity (Wildman–Crippen MR) is 117 cm³/mol. The van der Waals surface area contributed by atoms with Crippen molar-refractivity contribution in [2.75, 3.05) is 19.6 Å². The Bertz CT molecular complexity index is 1030. The quantitative estimate of drug-likeness (QED) is 0.548. The van der Waals surface area contributed by atoms with Crippen LogP contribution in [-0.2, 0) is 4.74 Å². The van der Waals surface area contributed by atoms with Gasteiger partial charge in [-0.2, -0.15) is 0 Å². The van der Waals surface area contributed by atoms with Crippen LogP contribution in [0.5, 0.6) is 0 Å². The molecular weight excluding hydrogens is 379 g/mol. The van der Waals surface area contributed by atoms with Crippen molar-refractivity contribution in [3.63, 3.8) is 0 Å². The average molecular weight is 409 g/mol. The number of nitrogens with one attached hydrogen (secondary N) is 1. The molecule has 1 unspecified atom stereocenters. The maximum absolute atomic E-state index is 13.2. The summed E-state index contributed by atoms with van der Waals surface area (Å²) in [5, 5.41) is 0.916. The van der Waals surface area contributed by atoms with Crippen LogP contribution in [-0.4, -0.2) is 35.5 Å². The van der Waals surface area contributed by atoms with Crippen molar-refractivity contribution in [3.05, 3.63) is 70.7 Å². The Morgan fingerprint density at radius 1 is 1.20 bits per heavy atom. The Morgan fingerprint density at radius 2 is 1.90 bits per heavy atom. The van der Waals surface area contributed by atoms with E-state index >= 15 is 0 Å². The van der Waals surface area contributed by atoms with Gasteiger partial charge < -0.3 is 14.6 Å². The fourth-order valence-corrected chi connectivity index (χ4v) is 4.47. The van der Waals surface area contributed by atoms with Gasteiger partial charge in [-0.25, -0.2) is 9.18 Å². The van der Waals surface area contributed by atoms with E-state index in [0.29, 0.717) is 11.5 Å². The topological polar surface area (TPSA) is 45.3 Å². The predicted octanol–water partition coefficient (Wildman–Crippen LogP) is 5.73. The lowest BCUT2D eigenvalue weighted by Crippen LogP contribution is -2.32. The van der Waals surface area contributed by atoms with Crippen LogP contribution in [0.15, 0.2) is 42.5 Å².